The average molecular weight is 215 g/mol. The Bertz CT molecular complexity index is 447. The number of phenols is 1. The minimum atomic E-state index is 0.134. The molecule has 2 nitrogen and oxygen atoms in total. The van der Waals surface area contributed by atoms with Gasteiger partial charge in [0.15, 0.2) is 0 Å². The maximum Gasteiger partial charge on any atom is 0.115 e. The fourth-order valence-corrected chi connectivity index (χ4v) is 1.72. The van der Waals surface area contributed by atoms with Crippen LogP contribution in [-0.2, 0) is 0 Å². The van der Waals surface area contributed by atoms with Crippen molar-refractivity contribution in [2.24, 2.45) is 10.4 Å². The van der Waals surface area contributed by atoms with Gasteiger partial charge in [-0.1, -0.05) is 26.8 Å². The van der Waals surface area contributed by atoms with Crippen molar-refractivity contribution >= 4 is 11.4 Å². The predicted octanol–water partition coefficient (Wildman–Crippen LogP) is 3.62. The van der Waals surface area contributed by atoms with E-state index < -0.39 is 0 Å². The topological polar surface area (TPSA) is 32.6 Å². The molecular formula is C14H17NO. The van der Waals surface area contributed by atoms with Gasteiger partial charge < -0.3 is 5.11 Å². The molecule has 84 valence electrons. The number of hydrogen-bond donors (Lipinski definition) is 1. The lowest BCUT2D eigenvalue weighted by Gasteiger charge is -2.17. The summed E-state index contributed by atoms with van der Waals surface area (Å²) in [7, 11) is 0. The van der Waals surface area contributed by atoms with Crippen LogP contribution in [0.2, 0.25) is 0 Å². The molecule has 1 heterocycles. The molecule has 0 saturated heterocycles. The quantitative estimate of drug-likeness (QED) is 0.762. The van der Waals surface area contributed by atoms with Crippen LogP contribution in [0.1, 0.15) is 32.8 Å². The third-order valence-corrected chi connectivity index (χ3v) is 2.77. The molecule has 0 aliphatic carbocycles. The van der Waals surface area contributed by atoms with Gasteiger partial charge in [0, 0.05) is 23.1 Å². The van der Waals surface area contributed by atoms with Crippen LogP contribution in [0, 0.1) is 5.41 Å². The number of phenolic OH excluding ortho intramolecular Hbond substituents is 1. The molecule has 0 unspecified atom stereocenters. The first-order valence-corrected chi connectivity index (χ1v) is 5.54. The van der Waals surface area contributed by atoms with Gasteiger partial charge in [-0.15, -0.1) is 0 Å². The molecule has 16 heavy (non-hydrogen) atoms. The van der Waals surface area contributed by atoms with Gasteiger partial charge in [0.2, 0.25) is 0 Å². The SMILES string of the molecule is CC(C)(C)C1=NC(c2ccc(O)cc2)=CC1. The molecule has 1 aliphatic heterocycles. The molecule has 0 fully saturated rings. The van der Waals surface area contributed by atoms with E-state index in [0.29, 0.717) is 5.75 Å². The Morgan fingerprint density at radius 2 is 1.75 bits per heavy atom. The zero-order valence-corrected chi connectivity index (χ0v) is 9.99. The molecule has 1 aliphatic rings. The lowest BCUT2D eigenvalue weighted by Crippen LogP contribution is -2.17. The van der Waals surface area contributed by atoms with E-state index in [9.17, 15) is 5.11 Å². The van der Waals surface area contributed by atoms with Crippen LogP contribution in [0.15, 0.2) is 35.3 Å². The smallest absolute Gasteiger partial charge is 0.115 e. The van der Waals surface area contributed by atoms with Crippen LogP contribution in [-0.4, -0.2) is 10.8 Å². The van der Waals surface area contributed by atoms with Crippen LogP contribution in [0.3, 0.4) is 0 Å². The fourth-order valence-electron chi connectivity index (χ4n) is 1.72. The van der Waals surface area contributed by atoms with Crippen molar-refractivity contribution < 1.29 is 5.11 Å². The second-order valence-electron chi connectivity index (χ2n) is 5.15. The lowest BCUT2D eigenvalue weighted by molar-refractivity contribution is 0.475. The van der Waals surface area contributed by atoms with E-state index in [0.717, 1.165) is 17.7 Å². The Morgan fingerprint density at radius 3 is 2.25 bits per heavy atom. The van der Waals surface area contributed by atoms with Gasteiger partial charge in [0.25, 0.3) is 0 Å². The van der Waals surface area contributed by atoms with Gasteiger partial charge in [0.05, 0.1) is 5.70 Å². The zero-order chi connectivity index (χ0) is 11.8. The molecule has 0 bridgehead atoms. The molecule has 0 spiro atoms. The van der Waals surface area contributed by atoms with Gasteiger partial charge in [-0.25, -0.2) is 0 Å². The van der Waals surface area contributed by atoms with Crippen molar-refractivity contribution in [2.45, 2.75) is 27.2 Å². The lowest BCUT2D eigenvalue weighted by atomic mass is 9.89. The standard InChI is InChI=1S/C14H17NO/c1-14(2,3)13-9-8-12(15-13)10-4-6-11(16)7-5-10/h4-8,16H,9H2,1-3H3. The number of rotatable bonds is 1. The van der Waals surface area contributed by atoms with E-state index in [1.54, 1.807) is 12.1 Å². The summed E-state index contributed by atoms with van der Waals surface area (Å²) < 4.78 is 0. The van der Waals surface area contributed by atoms with Crippen LogP contribution < -0.4 is 0 Å². The maximum absolute atomic E-state index is 9.23. The second-order valence-corrected chi connectivity index (χ2v) is 5.15. The third kappa shape index (κ3) is 2.16. The highest BCUT2D eigenvalue weighted by Gasteiger charge is 2.22. The summed E-state index contributed by atoms with van der Waals surface area (Å²) in [6.45, 7) is 6.54. The van der Waals surface area contributed by atoms with E-state index in [2.05, 4.69) is 31.8 Å². The highest BCUT2D eigenvalue weighted by molar-refractivity contribution is 5.98. The van der Waals surface area contributed by atoms with Crippen LogP contribution in [0.5, 0.6) is 5.75 Å². The summed E-state index contributed by atoms with van der Waals surface area (Å²) in [6.07, 6.45) is 3.08. The molecule has 1 N–H and O–H groups in total. The zero-order valence-electron chi connectivity index (χ0n) is 9.99. The Kier molecular flexibility index (Phi) is 2.58. The number of benzene rings is 1. The largest absolute Gasteiger partial charge is 0.508 e. The Morgan fingerprint density at radius 1 is 1.12 bits per heavy atom. The molecular weight excluding hydrogens is 198 g/mol. The van der Waals surface area contributed by atoms with Crippen molar-refractivity contribution in [3.05, 3.63) is 35.9 Å². The van der Waals surface area contributed by atoms with Gasteiger partial charge in [-0.3, -0.25) is 4.99 Å². The molecule has 2 rings (SSSR count). The molecule has 0 amide bonds. The Balaban J connectivity index is 2.25. The van der Waals surface area contributed by atoms with E-state index >= 15 is 0 Å². The van der Waals surface area contributed by atoms with Crippen LogP contribution in [0.25, 0.3) is 5.70 Å². The van der Waals surface area contributed by atoms with Crippen molar-refractivity contribution in [3.8, 4) is 5.75 Å². The predicted molar refractivity (Wildman–Crippen MR) is 67.6 cm³/mol. The first-order chi connectivity index (χ1) is 7.47. The number of allylic oxidation sites excluding steroid dienone is 1. The van der Waals surface area contributed by atoms with E-state index in [-0.39, 0.29) is 5.41 Å². The molecule has 2 heteroatoms. The molecule has 0 atom stereocenters. The second kappa shape index (κ2) is 3.78. The highest BCUT2D eigenvalue weighted by Crippen LogP contribution is 2.30. The van der Waals surface area contributed by atoms with Gasteiger partial charge in [-0.2, -0.15) is 0 Å². The number of nitrogens with zero attached hydrogens (tertiary/aromatic N) is 1. The van der Waals surface area contributed by atoms with Gasteiger partial charge in [-0.05, 0) is 24.3 Å². The van der Waals surface area contributed by atoms with E-state index in [4.69, 9.17) is 0 Å². The van der Waals surface area contributed by atoms with Crippen molar-refractivity contribution in [3.63, 3.8) is 0 Å². The summed E-state index contributed by atoms with van der Waals surface area (Å²) in [5.41, 5.74) is 3.44. The highest BCUT2D eigenvalue weighted by atomic mass is 16.3. The minimum absolute atomic E-state index is 0.134. The van der Waals surface area contributed by atoms with Crippen molar-refractivity contribution in [2.75, 3.05) is 0 Å². The Labute approximate surface area is 96.3 Å². The number of hydrogen-bond acceptors (Lipinski definition) is 2. The summed E-state index contributed by atoms with van der Waals surface area (Å²) in [5.74, 6) is 0.294. The normalized spacial score (nSPS) is 15.9. The van der Waals surface area contributed by atoms with Crippen LogP contribution >= 0.6 is 0 Å². The number of aromatic hydroxyl groups is 1. The van der Waals surface area contributed by atoms with Gasteiger partial charge in [0.1, 0.15) is 5.75 Å². The van der Waals surface area contributed by atoms with Crippen molar-refractivity contribution in [1.29, 1.82) is 0 Å². The fraction of sp³-hybridized carbons (Fsp3) is 0.357. The third-order valence-electron chi connectivity index (χ3n) is 2.77. The minimum Gasteiger partial charge on any atom is -0.508 e. The maximum atomic E-state index is 9.23. The van der Waals surface area contributed by atoms with E-state index in [1.165, 1.54) is 5.71 Å². The average Bonchev–Trinajstić information content (AvgIpc) is 2.67. The Hall–Kier alpha value is -1.57. The first kappa shape index (κ1) is 10.9. The van der Waals surface area contributed by atoms with Crippen LogP contribution in [0.4, 0.5) is 0 Å². The van der Waals surface area contributed by atoms with E-state index in [1.807, 2.05) is 12.1 Å². The molecule has 1 aromatic rings. The summed E-state index contributed by atoms with van der Waals surface area (Å²) in [6, 6.07) is 7.19. The van der Waals surface area contributed by atoms with Gasteiger partial charge >= 0.3 is 0 Å². The molecule has 0 aromatic heterocycles. The summed E-state index contributed by atoms with van der Waals surface area (Å²) in [5, 5.41) is 9.23. The monoisotopic (exact) mass is 215 g/mol. The first-order valence-electron chi connectivity index (χ1n) is 5.54. The summed E-state index contributed by atoms with van der Waals surface area (Å²) in [4.78, 5) is 4.66. The summed E-state index contributed by atoms with van der Waals surface area (Å²) >= 11 is 0. The molecule has 1 aromatic carbocycles. The molecule has 0 radical (unpaired) electrons. The molecule has 0 saturated carbocycles. The number of aliphatic imine (C=N–C) groups is 1. The van der Waals surface area contributed by atoms with Crippen molar-refractivity contribution in [1.82, 2.24) is 0 Å².